The molecule has 0 aromatic carbocycles. The summed E-state index contributed by atoms with van der Waals surface area (Å²) in [5.41, 5.74) is 1.44. The molecule has 0 N–H and O–H groups in total. The summed E-state index contributed by atoms with van der Waals surface area (Å²) in [6, 6.07) is 0. The zero-order valence-electron chi connectivity index (χ0n) is 8.57. The first-order valence-corrected chi connectivity index (χ1v) is 6.39. The normalized spacial score (nSPS) is 36.7. The van der Waals surface area contributed by atoms with Gasteiger partial charge in [-0.3, -0.25) is 0 Å². The van der Waals surface area contributed by atoms with Crippen LogP contribution in [0.25, 0.3) is 0 Å². The van der Waals surface area contributed by atoms with E-state index in [2.05, 4.69) is 57.2 Å². The maximum Gasteiger partial charge on any atom is 0.0166 e. The van der Waals surface area contributed by atoms with Crippen LogP contribution < -0.4 is 0 Å². The summed E-state index contributed by atoms with van der Waals surface area (Å²) < 4.78 is 0. The monoisotopic (exact) mass is 192 g/mol. The number of fused-ring (bicyclic) bond motifs is 2. The van der Waals surface area contributed by atoms with Crippen molar-refractivity contribution in [2.24, 2.45) is 0 Å². The van der Waals surface area contributed by atoms with Crippen molar-refractivity contribution in [3.8, 4) is 0 Å². The molecule has 0 nitrogen and oxygen atoms in total. The second-order valence-electron chi connectivity index (χ2n) is 4.71. The molecular formula is C12H17P. The minimum Gasteiger partial charge on any atom is -0.0791 e. The summed E-state index contributed by atoms with van der Waals surface area (Å²) in [5, 5.41) is 0.465. The number of hydrogen-bond acceptors (Lipinski definition) is 0. The van der Waals surface area contributed by atoms with Crippen LogP contribution in [0.3, 0.4) is 0 Å². The van der Waals surface area contributed by atoms with E-state index in [-0.39, 0.29) is 7.92 Å². The fourth-order valence-corrected chi connectivity index (χ4v) is 5.50. The Labute approximate surface area is 82.2 Å². The summed E-state index contributed by atoms with van der Waals surface area (Å²) in [4.78, 5) is 0. The topological polar surface area (TPSA) is 0 Å². The van der Waals surface area contributed by atoms with Crippen molar-refractivity contribution in [3.05, 3.63) is 36.5 Å². The zero-order valence-corrected chi connectivity index (χ0v) is 9.46. The SMILES string of the molecule is CC(C)(C)P1C2C=CC=CC1C=C2. The van der Waals surface area contributed by atoms with Crippen molar-refractivity contribution in [1.29, 1.82) is 0 Å². The first-order valence-electron chi connectivity index (χ1n) is 4.91. The summed E-state index contributed by atoms with van der Waals surface area (Å²) in [7, 11) is 0.0646. The second-order valence-corrected chi connectivity index (χ2v) is 8.06. The highest BCUT2D eigenvalue weighted by Gasteiger charge is 2.37. The molecule has 70 valence electrons. The van der Waals surface area contributed by atoms with Crippen LogP contribution in [0.5, 0.6) is 0 Å². The van der Waals surface area contributed by atoms with Gasteiger partial charge in [0, 0.05) is 11.3 Å². The predicted octanol–water partition coefficient (Wildman–Crippen LogP) is 3.70. The lowest BCUT2D eigenvalue weighted by Crippen LogP contribution is -2.20. The molecule has 2 aliphatic rings. The van der Waals surface area contributed by atoms with Crippen molar-refractivity contribution >= 4 is 7.92 Å². The molecule has 1 heteroatoms. The molecule has 2 rings (SSSR count). The van der Waals surface area contributed by atoms with Gasteiger partial charge >= 0.3 is 0 Å². The fraction of sp³-hybridized carbons (Fsp3) is 0.500. The largest absolute Gasteiger partial charge is 0.0791 e. The number of hydrogen-bond donors (Lipinski definition) is 0. The van der Waals surface area contributed by atoms with Crippen molar-refractivity contribution in [1.82, 2.24) is 0 Å². The van der Waals surface area contributed by atoms with Gasteiger partial charge in [0.05, 0.1) is 0 Å². The van der Waals surface area contributed by atoms with Gasteiger partial charge in [-0.25, -0.2) is 0 Å². The lowest BCUT2D eigenvalue weighted by atomic mass is 10.2. The van der Waals surface area contributed by atoms with E-state index in [9.17, 15) is 0 Å². The average Bonchev–Trinajstić information content (AvgIpc) is 2.22. The molecule has 0 saturated heterocycles. The number of allylic oxidation sites excluding steroid dienone is 6. The van der Waals surface area contributed by atoms with Crippen LogP contribution in [0.2, 0.25) is 0 Å². The molecule has 2 atom stereocenters. The molecule has 2 aliphatic heterocycles. The third kappa shape index (κ3) is 1.65. The summed E-state index contributed by atoms with van der Waals surface area (Å²) in [6.07, 6.45) is 13.9. The minimum atomic E-state index is 0.0646. The Balaban J connectivity index is 2.33. The molecule has 13 heavy (non-hydrogen) atoms. The van der Waals surface area contributed by atoms with Crippen LogP contribution in [0, 0.1) is 0 Å². The van der Waals surface area contributed by atoms with E-state index in [0.29, 0.717) is 5.16 Å². The standard InChI is InChI=1S/C12H17P/c1-12(2,3)13-10-6-4-5-7-11(13)9-8-10/h4-11H,1-3H3. The predicted molar refractivity (Wildman–Crippen MR) is 61.7 cm³/mol. The second kappa shape index (κ2) is 3.10. The minimum absolute atomic E-state index is 0.0646. The molecule has 2 unspecified atom stereocenters. The Morgan fingerprint density at radius 2 is 1.31 bits per heavy atom. The van der Waals surface area contributed by atoms with Gasteiger partial charge in [0.2, 0.25) is 0 Å². The maximum absolute atomic E-state index is 2.39. The van der Waals surface area contributed by atoms with Crippen LogP contribution in [0.1, 0.15) is 20.8 Å². The molecule has 0 aliphatic carbocycles. The Kier molecular flexibility index (Phi) is 2.20. The van der Waals surface area contributed by atoms with Gasteiger partial charge in [0.25, 0.3) is 0 Å². The van der Waals surface area contributed by atoms with Crippen LogP contribution in [-0.4, -0.2) is 16.5 Å². The molecular weight excluding hydrogens is 175 g/mol. The van der Waals surface area contributed by atoms with Crippen molar-refractivity contribution in [2.75, 3.05) is 0 Å². The lowest BCUT2D eigenvalue weighted by molar-refractivity contribution is 0.777. The van der Waals surface area contributed by atoms with Crippen molar-refractivity contribution in [3.63, 3.8) is 0 Å². The van der Waals surface area contributed by atoms with Crippen LogP contribution >= 0.6 is 7.92 Å². The molecule has 0 amide bonds. The van der Waals surface area contributed by atoms with E-state index in [1.807, 2.05) is 0 Å². The molecule has 2 heterocycles. The van der Waals surface area contributed by atoms with Gasteiger partial charge in [-0.1, -0.05) is 65.1 Å². The van der Waals surface area contributed by atoms with E-state index >= 15 is 0 Å². The van der Waals surface area contributed by atoms with Gasteiger partial charge in [-0.15, -0.1) is 0 Å². The van der Waals surface area contributed by atoms with E-state index in [4.69, 9.17) is 0 Å². The summed E-state index contributed by atoms with van der Waals surface area (Å²) >= 11 is 0. The smallest absolute Gasteiger partial charge is 0.0166 e. The van der Waals surface area contributed by atoms with E-state index in [0.717, 1.165) is 11.3 Å². The van der Waals surface area contributed by atoms with Gasteiger partial charge in [-0.05, 0) is 5.16 Å². The molecule has 0 fully saturated rings. The molecule has 0 saturated carbocycles. The summed E-state index contributed by atoms with van der Waals surface area (Å²) in [5.74, 6) is 0. The van der Waals surface area contributed by atoms with Gasteiger partial charge in [0.1, 0.15) is 0 Å². The molecule has 2 bridgehead atoms. The average molecular weight is 192 g/mol. The maximum atomic E-state index is 2.39. The fourth-order valence-electron chi connectivity index (χ4n) is 2.18. The summed E-state index contributed by atoms with van der Waals surface area (Å²) in [6.45, 7) is 7.12. The highest BCUT2D eigenvalue weighted by atomic mass is 31.1. The zero-order chi connectivity index (χ0) is 9.47. The van der Waals surface area contributed by atoms with Gasteiger partial charge < -0.3 is 0 Å². The Morgan fingerprint density at radius 1 is 0.846 bits per heavy atom. The van der Waals surface area contributed by atoms with E-state index < -0.39 is 0 Å². The van der Waals surface area contributed by atoms with E-state index in [1.54, 1.807) is 0 Å². The van der Waals surface area contributed by atoms with Crippen molar-refractivity contribution in [2.45, 2.75) is 37.2 Å². The Bertz CT molecular complexity index is 256. The molecule has 0 aromatic heterocycles. The third-order valence-corrected chi connectivity index (χ3v) is 6.17. The third-order valence-electron chi connectivity index (χ3n) is 2.65. The first-order chi connectivity index (χ1) is 6.09. The molecule has 0 radical (unpaired) electrons. The van der Waals surface area contributed by atoms with Gasteiger partial charge in [0.15, 0.2) is 0 Å². The number of rotatable bonds is 0. The molecule has 0 aromatic rings. The highest BCUT2D eigenvalue weighted by Crippen LogP contribution is 2.62. The van der Waals surface area contributed by atoms with Crippen molar-refractivity contribution < 1.29 is 0 Å². The Hall–Kier alpha value is -0.350. The lowest BCUT2D eigenvalue weighted by Gasteiger charge is -2.34. The molecule has 0 spiro atoms. The van der Waals surface area contributed by atoms with Crippen LogP contribution in [0.15, 0.2) is 36.5 Å². The van der Waals surface area contributed by atoms with E-state index in [1.165, 1.54) is 0 Å². The first kappa shape index (κ1) is 9.21. The van der Waals surface area contributed by atoms with Crippen LogP contribution in [-0.2, 0) is 0 Å². The highest BCUT2D eigenvalue weighted by molar-refractivity contribution is 7.62. The van der Waals surface area contributed by atoms with Crippen LogP contribution in [0.4, 0.5) is 0 Å². The van der Waals surface area contributed by atoms with Gasteiger partial charge in [-0.2, -0.15) is 0 Å². The Morgan fingerprint density at radius 3 is 1.69 bits per heavy atom. The quantitative estimate of drug-likeness (QED) is 0.405.